The number of aryl methyl sites for hydroxylation is 1. The Morgan fingerprint density at radius 1 is 0.925 bits per heavy atom. The number of phenolic OH excluding ortho intramolecular Hbond substituents is 1. The van der Waals surface area contributed by atoms with Gasteiger partial charge in [0.1, 0.15) is 23.7 Å². The SMILES string of the molecule is Cn1nccc1-c1ccc(CNC(=O)[C@@H]2C[C@@H](O)CN2C(=O)[C@@H](NC(=O)C2CCC(c3cnc(CC4CC5CN(c6cc(-c7ccccc7O)nnc6N)CC4N5)nc3)CC2)C(C)(C)C)cc1. The van der Waals surface area contributed by atoms with Crippen LogP contribution in [-0.2, 0) is 34.4 Å². The number of hydrogen-bond acceptors (Lipinski definition) is 13. The molecule has 5 aromatic rings. The molecule has 2 aromatic carbocycles. The molecule has 67 heavy (non-hydrogen) atoms. The van der Waals surface area contributed by atoms with Crippen molar-refractivity contribution in [1.29, 1.82) is 0 Å². The van der Waals surface area contributed by atoms with Gasteiger partial charge in [-0.15, -0.1) is 10.2 Å². The van der Waals surface area contributed by atoms with E-state index in [1.807, 2.05) is 88.7 Å². The maximum absolute atomic E-state index is 14.3. The van der Waals surface area contributed by atoms with Gasteiger partial charge in [-0.3, -0.25) is 19.1 Å². The summed E-state index contributed by atoms with van der Waals surface area (Å²) in [6.07, 6.45) is 9.58. The molecular weight excluding hydrogens is 849 g/mol. The maximum Gasteiger partial charge on any atom is 0.246 e. The molecule has 0 radical (unpaired) electrons. The van der Waals surface area contributed by atoms with Gasteiger partial charge in [-0.2, -0.15) is 5.10 Å². The number of nitrogens with two attached hydrogens (primary N) is 1. The molecule has 1 saturated carbocycles. The van der Waals surface area contributed by atoms with Crippen LogP contribution in [0.1, 0.15) is 82.2 Å². The zero-order valence-electron chi connectivity index (χ0n) is 38.7. The van der Waals surface area contributed by atoms with Crippen molar-refractivity contribution in [2.75, 3.05) is 30.3 Å². The number of amides is 3. The van der Waals surface area contributed by atoms with E-state index in [-0.39, 0.29) is 66.9 Å². The molecule has 352 valence electrons. The van der Waals surface area contributed by atoms with E-state index in [1.165, 1.54) is 4.90 Å². The number of anilines is 2. The minimum Gasteiger partial charge on any atom is -0.507 e. The van der Waals surface area contributed by atoms with Crippen molar-refractivity contribution in [2.45, 2.75) is 108 Å². The van der Waals surface area contributed by atoms with Crippen LogP contribution >= 0.6 is 0 Å². The molecule has 7 N–H and O–H groups in total. The van der Waals surface area contributed by atoms with Gasteiger partial charge in [0.15, 0.2) is 5.82 Å². The van der Waals surface area contributed by atoms with E-state index in [4.69, 9.17) is 15.7 Å². The quantitative estimate of drug-likeness (QED) is 0.104. The van der Waals surface area contributed by atoms with E-state index in [2.05, 4.69) is 36.1 Å². The molecule has 4 fully saturated rings. The highest BCUT2D eigenvalue weighted by Gasteiger charge is 2.45. The third-order valence-electron chi connectivity index (χ3n) is 14.3. The number of phenols is 1. The van der Waals surface area contributed by atoms with Gasteiger partial charge in [0.05, 0.1) is 23.2 Å². The van der Waals surface area contributed by atoms with Crippen LogP contribution in [0.5, 0.6) is 5.75 Å². The van der Waals surface area contributed by atoms with E-state index < -0.39 is 23.6 Å². The molecule has 17 heteroatoms. The van der Waals surface area contributed by atoms with Crippen molar-refractivity contribution in [1.82, 2.24) is 50.8 Å². The van der Waals surface area contributed by atoms with Crippen LogP contribution in [0.4, 0.5) is 11.5 Å². The average molecular weight is 911 g/mol. The number of piperazine rings is 1. The molecule has 9 rings (SSSR count). The van der Waals surface area contributed by atoms with Crippen LogP contribution in [0.3, 0.4) is 0 Å². The number of fused-ring (bicyclic) bond motifs is 2. The van der Waals surface area contributed by atoms with Gasteiger partial charge >= 0.3 is 0 Å². The molecule has 3 saturated heterocycles. The fourth-order valence-electron chi connectivity index (χ4n) is 10.6. The summed E-state index contributed by atoms with van der Waals surface area (Å²) >= 11 is 0. The number of aromatic hydroxyl groups is 1. The normalized spacial score (nSPS) is 24.3. The summed E-state index contributed by atoms with van der Waals surface area (Å²) in [6.45, 7) is 7.54. The van der Waals surface area contributed by atoms with Gasteiger partial charge in [-0.05, 0) is 90.3 Å². The van der Waals surface area contributed by atoms with Crippen LogP contribution in [0.15, 0.2) is 79.3 Å². The number of aliphatic hydroxyl groups excluding tert-OH is 1. The van der Waals surface area contributed by atoms with Gasteiger partial charge in [0.2, 0.25) is 17.7 Å². The van der Waals surface area contributed by atoms with Crippen molar-refractivity contribution in [3.05, 3.63) is 96.2 Å². The maximum atomic E-state index is 14.3. The molecule has 6 atom stereocenters. The number of hydrogen-bond donors (Lipinski definition) is 6. The number of rotatable bonds is 12. The minimum absolute atomic E-state index is 0.0193. The number of nitrogen functional groups attached to an aromatic ring is 1. The standard InChI is InChI=1S/C50H62N12O5/c1-50(2,3)45(49(67)62-27-36(63)21-42(62)48(66)54-23-29-9-11-31(12-10-29)40-17-18-55-60(40)4)57-47(65)32-15-13-30(14-16-32)34-24-52-44(53-25-34)20-33-19-35-26-61(28-39(33)56-35)41-22-38(58-59-46(41)51)37-7-5-6-8-43(37)64/h5-12,17-18,22,24-25,30,32-33,35-36,39,42,45,56,63-64H,13-16,19-21,23,26-28H2,1-4H3,(H2,51,59)(H,54,66)(H,57,65)/t30?,32?,33?,35?,36-,39?,42+,45-/m1/s1. The highest BCUT2D eigenvalue weighted by atomic mass is 16.3. The first-order chi connectivity index (χ1) is 32.2. The summed E-state index contributed by atoms with van der Waals surface area (Å²) in [7, 11) is 1.88. The second-order valence-corrected chi connectivity index (χ2v) is 20.0. The molecule has 6 heterocycles. The van der Waals surface area contributed by atoms with Crippen molar-refractivity contribution in [3.8, 4) is 28.3 Å². The van der Waals surface area contributed by atoms with E-state index >= 15 is 0 Å². The zero-order valence-corrected chi connectivity index (χ0v) is 38.7. The fraction of sp³-hybridized carbons (Fsp3) is 0.480. The molecule has 3 unspecified atom stereocenters. The second kappa shape index (κ2) is 19.0. The van der Waals surface area contributed by atoms with Crippen LogP contribution in [-0.4, -0.2) is 113 Å². The van der Waals surface area contributed by atoms with E-state index in [0.29, 0.717) is 35.8 Å². The largest absolute Gasteiger partial charge is 0.507 e. The van der Waals surface area contributed by atoms with Crippen LogP contribution in [0.25, 0.3) is 22.5 Å². The van der Waals surface area contributed by atoms with Crippen LogP contribution < -0.4 is 26.6 Å². The van der Waals surface area contributed by atoms with Crippen molar-refractivity contribution in [3.63, 3.8) is 0 Å². The lowest BCUT2D eigenvalue weighted by atomic mass is 9.78. The number of nitrogens with zero attached hydrogens (tertiary/aromatic N) is 8. The number of carbonyl (C=O) groups excluding carboxylic acids is 3. The van der Waals surface area contributed by atoms with Gasteiger partial charge in [0.25, 0.3) is 0 Å². The minimum atomic E-state index is -0.884. The molecule has 2 bridgehead atoms. The molecule has 17 nitrogen and oxygen atoms in total. The molecule has 0 spiro atoms. The Morgan fingerprint density at radius 3 is 2.37 bits per heavy atom. The third-order valence-corrected chi connectivity index (χ3v) is 14.3. The summed E-state index contributed by atoms with van der Waals surface area (Å²) < 4.78 is 1.80. The number of carbonyl (C=O) groups is 3. The van der Waals surface area contributed by atoms with Gasteiger partial charge < -0.3 is 41.7 Å². The number of aromatic nitrogens is 6. The Balaban J connectivity index is 0.761. The predicted molar refractivity (Wildman–Crippen MR) is 253 cm³/mol. The Kier molecular flexibility index (Phi) is 13.0. The number of likely N-dealkylation sites (tertiary alicyclic amines) is 1. The second-order valence-electron chi connectivity index (χ2n) is 20.0. The Bertz CT molecular complexity index is 2570. The van der Waals surface area contributed by atoms with Crippen molar-refractivity contribution in [2.24, 2.45) is 24.3 Å². The molecule has 4 aliphatic rings. The molecule has 1 aliphatic carbocycles. The van der Waals surface area contributed by atoms with E-state index in [0.717, 1.165) is 72.7 Å². The Labute approximate surface area is 391 Å². The van der Waals surface area contributed by atoms with Gasteiger partial charge in [-0.25, -0.2) is 9.97 Å². The first-order valence-electron chi connectivity index (χ1n) is 23.6. The summed E-state index contributed by atoms with van der Waals surface area (Å²) in [5.74, 6) is 0.758. The smallest absolute Gasteiger partial charge is 0.246 e. The van der Waals surface area contributed by atoms with Crippen molar-refractivity contribution >= 4 is 29.2 Å². The monoisotopic (exact) mass is 910 g/mol. The van der Waals surface area contributed by atoms with Gasteiger partial charge in [0, 0.05) is 88.2 Å². The lowest BCUT2D eigenvalue weighted by Crippen LogP contribution is -2.58. The summed E-state index contributed by atoms with van der Waals surface area (Å²) in [5.41, 5.74) is 11.7. The highest BCUT2D eigenvalue weighted by molar-refractivity contribution is 5.93. The molecule has 3 aliphatic heterocycles. The van der Waals surface area contributed by atoms with E-state index in [1.54, 1.807) is 23.0 Å². The Hall–Kier alpha value is -6.46. The number of para-hydroxylation sites is 1. The highest BCUT2D eigenvalue weighted by Crippen LogP contribution is 2.38. The van der Waals surface area contributed by atoms with Crippen LogP contribution in [0, 0.1) is 17.3 Å². The van der Waals surface area contributed by atoms with Crippen molar-refractivity contribution < 1.29 is 24.6 Å². The van der Waals surface area contributed by atoms with Gasteiger partial charge in [-0.1, -0.05) is 57.2 Å². The number of aliphatic hydroxyl groups is 1. The lowest BCUT2D eigenvalue weighted by Gasteiger charge is -2.37. The van der Waals surface area contributed by atoms with E-state index in [9.17, 15) is 24.6 Å². The lowest BCUT2D eigenvalue weighted by molar-refractivity contribution is -0.144. The molecular formula is C50H62N12O5. The number of nitrogens with one attached hydrogen (secondary N) is 3. The molecule has 3 aromatic heterocycles. The topological polar surface area (TPSA) is 230 Å². The number of benzene rings is 2. The molecule has 3 amide bonds. The summed E-state index contributed by atoms with van der Waals surface area (Å²) in [6, 6.07) is 17.5. The number of β-amino-alcohol motifs (C(OH)–C–C–N with tert-alkyl or cyclic N) is 1. The Morgan fingerprint density at radius 2 is 1.67 bits per heavy atom. The third kappa shape index (κ3) is 9.98. The first kappa shape index (κ1) is 45.7. The predicted octanol–water partition coefficient (Wildman–Crippen LogP) is 4.11. The van der Waals surface area contributed by atoms with Crippen LogP contribution in [0.2, 0.25) is 0 Å². The average Bonchev–Trinajstić information content (AvgIpc) is 4.02. The summed E-state index contributed by atoms with van der Waals surface area (Å²) in [5, 5.41) is 43.7. The summed E-state index contributed by atoms with van der Waals surface area (Å²) in [4.78, 5) is 55.1. The fourth-order valence-corrected chi connectivity index (χ4v) is 10.6. The first-order valence-corrected chi connectivity index (χ1v) is 23.6. The zero-order chi connectivity index (χ0) is 47.0.